The molecule has 0 fully saturated rings. The number of methoxy groups -OCH3 is 1. The highest BCUT2D eigenvalue weighted by Crippen LogP contribution is 2.37. The normalized spacial score (nSPS) is 10.3. The molecule has 5 N–H and O–H groups in total. The molecule has 3 aromatic rings. The molecule has 0 saturated heterocycles. The van der Waals surface area contributed by atoms with Crippen LogP contribution in [0.15, 0.2) is 54.7 Å². The molecule has 0 aliphatic rings. The van der Waals surface area contributed by atoms with Gasteiger partial charge in [0.05, 0.1) is 12.8 Å². The van der Waals surface area contributed by atoms with Crippen molar-refractivity contribution >= 4 is 23.4 Å². The van der Waals surface area contributed by atoms with Crippen LogP contribution in [-0.2, 0) is 0 Å². The lowest BCUT2D eigenvalue weighted by atomic mass is 10.0. The highest BCUT2D eigenvalue weighted by atomic mass is 16.5. The van der Waals surface area contributed by atoms with E-state index >= 15 is 0 Å². The van der Waals surface area contributed by atoms with Crippen molar-refractivity contribution in [3.63, 3.8) is 0 Å². The van der Waals surface area contributed by atoms with Crippen LogP contribution >= 0.6 is 0 Å². The standard InChI is InChI=1S/C18H17N5O2/c1-25-15-12(11-6-3-2-4-7-11)8-5-9-14(15)22-17-13(16(19)24)10-21-18(20)23-17/h2-10H,1H3,(H2,19,24)(H3,20,21,22,23). The van der Waals surface area contributed by atoms with Crippen molar-refractivity contribution in [2.45, 2.75) is 0 Å². The van der Waals surface area contributed by atoms with Gasteiger partial charge in [-0.1, -0.05) is 42.5 Å². The van der Waals surface area contributed by atoms with Crippen LogP contribution in [0.25, 0.3) is 11.1 Å². The maximum Gasteiger partial charge on any atom is 0.254 e. The molecular weight excluding hydrogens is 318 g/mol. The minimum Gasteiger partial charge on any atom is -0.494 e. The third kappa shape index (κ3) is 3.35. The Morgan fingerprint density at radius 2 is 1.88 bits per heavy atom. The summed E-state index contributed by atoms with van der Waals surface area (Å²) in [6.45, 7) is 0. The Balaban J connectivity index is 2.08. The number of hydrogen-bond donors (Lipinski definition) is 3. The monoisotopic (exact) mass is 335 g/mol. The number of anilines is 3. The Morgan fingerprint density at radius 3 is 2.56 bits per heavy atom. The van der Waals surface area contributed by atoms with E-state index in [1.807, 2.05) is 48.5 Å². The predicted octanol–water partition coefficient (Wildman–Crippen LogP) is 2.58. The van der Waals surface area contributed by atoms with Crippen LogP contribution in [0, 0.1) is 0 Å². The molecule has 0 bridgehead atoms. The first kappa shape index (κ1) is 16.3. The summed E-state index contributed by atoms with van der Waals surface area (Å²) in [4.78, 5) is 19.5. The van der Waals surface area contributed by atoms with Gasteiger partial charge in [0.1, 0.15) is 17.1 Å². The molecule has 0 radical (unpaired) electrons. The minimum absolute atomic E-state index is 0.0330. The van der Waals surface area contributed by atoms with E-state index in [-0.39, 0.29) is 17.3 Å². The van der Waals surface area contributed by atoms with Crippen LogP contribution in [-0.4, -0.2) is 23.0 Å². The molecule has 0 aliphatic carbocycles. The van der Waals surface area contributed by atoms with E-state index in [1.165, 1.54) is 6.20 Å². The van der Waals surface area contributed by atoms with Crippen molar-refractivity contribution in [2.75, 3.05) is 18.2 Å². The molecule has 0 aliphatic heterocycles. The Morgan fingerprint density at radius 1 is 1.12 bits per heavy atom. The molecule has 0 atom stereocenters. The van der Waals surface area contributed by atoms with Crippen molar-refractivity contribution in [1.29, 1.82) is 0 Å². The number of amides is 1. The number of para-hydroxylation sites is 1. The zero-order valence-corrected chi connectivity index (χ0v) is 13.6. The van der Waals surface area contributed by atoms with E-state index < -0.39 is 5.91 Å². The first-order valence-electron chi connectivity index (χ1n) is 7.52. The molecular formula is C18H17N5O2. The second-order valence-corrected chi connectivity index (χ2v) is 5.23. The minimum atomic E-state index is -0.652. The maximum absolute atomic E-state index is 11.6. The Kier molecular flexibility index (Phi) is 4.47. The number of ether oxygens (including phenoxy) is 1. The highest BCUT2D eigenvalue weighted by Gasteiger charge is 2.15. The number of hydrogen-bond acceptors (Lipinski definition) is 6. The molecule has 25 heavy (non-hydrogen) atoms. The van der Waals surface area contributed by atoms with Gasteiger partial charge in [0.2, 0.25) is 5.95 Å². The summed E-state index contributed by atoms with van der Waals surface area (Å²) in [6, 6.07) is 15.5. The zero-order chi connectivity index (χ0) is 17.8. The van der Waals surface area contributed by atoms with Gasteiger partial charge in [0.25, 0.3) is 5.91 Å². The second kappa shape index (κ2) is 6.88. The van der Waals surface area contributed by atoms with E-state index in [4.69, 9.17) is 16.2 Å². The van der Waals surface area contributed by atoms with Crippen LogP contribution in [0.2, 0.25) is 0 Å². The summed E-state index contributed by atoms with van der Waals surface area (Å²) in [5, 5.41) is 3.07. The topological polar surface area (TPSA) is 116 Å². The van der Waals surface area contributed by atoms with Crippen LogP contribution in [0.3, 0.4) is 0 Å². The third-order valence-corrected chi connectivity index (χ3v) is 3.63. The first-order chi connectivity index (χ1) is 12.1. The Labute approximate surface area is 144 Å². The van der Waals surface area contributed by atoms with Gasteiger partial charge in [0, 0.05) is 11.8 Å². The number of nitrogens with one attached hydrogen (secondary N) is 1. The molecule has 1 aromatic heterocycles. The van der Waals surface area contributed by atoms with E-state index in [0.717, 1.165) is 11.1 Å². The first-order valence-corrected chi connectivity index (χ1v) is 7.52. The molecule has 0 saturated carbocycles. The molecule has 1 amide bonds. The number of carbonyl (C=O) groups is 1. The van der Waals surface area contributed by atoms with Crippen LogP contribution in [0.1, 0.15) is 10.4 Å². The van der Waals surface area contributed by atoms with E-state index in [2.05, 4.69) is 15.3 Å². The number of rotatable bonds is 5. The van der Waals surface area contributed by atoms with Crippen molar-refractivity contribution < 1.29 is 9.53 Å². The molecule has 7 nitrogen and oxygen atoms in total. The van der Waals surface area contributed by atoms with E-state index in [1.54, 1.807) is 7.11 Å². The van der Waals surface area contributed by atoms with Crippen molar-refractivity contribution in [1.82, 2.24) is 9.97 Å². The van der Waals surface area contributed by atoms with E-state index in [0.29, 0.717) is 11.4 Å². The van der Waals surface area contributed by atoms with Gasteiger partial charge < -0.3 is 21.5 Å². The fourth-order valence-corrected chi connectivity index (χ4v) is 2.50. The quantitative estimate of drug-likeness (QED) is 0.660. The fraction of sp³-hybridized carbons (Fsp3) is 0.0556. The lowest BCUT2D eigenvalue weighted by Gasteiger charge is -2.16. The summed E-state index contributed by atoms with van der Waals surface area (Å²) >= 11 is 0. The lowest BCUT2D eigenvalue weighted by Crippen LogP contribution is -2.16. The molecule has 7 heteroatoms. The van der Waals surface area contributed by atoms with Gasteiger partial charge in [-0.25, -0.2) is 4.98 Å². The van der Waals surface area contributed by atoms with Gasteiger partial charge in [-0.2, -0.15) is 4.98 Å². The second-order valence-electron chi connectivity index (χ2n) is 5.23. The van der Waals surface area contributed by atoms with Gasteiger partial charge >= 0.3 is 0 Å². The lowest BCUT2D eigenvalue weighted by molar-refractivity contribution is 0.100. The molecule has 1 heterocycles. The average molecular weight is 335 g/mol. The van der Waals surface area contributed by atoms with Crippen LogP contribution < -0.4 is 21.5 Å². The summed E-state index contributed by atoms with van der Waals surface area (Å²) in [5.41, 5.74) is 13.7. The zero-order valence-electron chi connectivity index (χ0n) is 13.6. The Bertz CT molecular complexity index is 913. The van der Waals surface area contributed by atoms with Crippen molar-refractivity contribution in [3.8, 4) is 16.9 Å². The molecule has 126 valence electrons. The maximum atomic E-state index is 11.6. The molecule has 3 rings (SSSR count). The number of benzene rings is 2. The number of carbonyl (C=O) groups excluding carboxylic acids is 1. The third-order valence-electron chi connectivity index (χ3n) is 3.63. The predicted molar refractivity (Wildman–Crippen MR) is 96.7 cm³/mol. The number of nitrogens with zero attached hydrogens (tertiary/aromatic N) is 2. The van der Waals surface area contributed by atoms with Gasteiger partial charge in [-0.05, 0) is 11.6 Å². The number of nitrogens with two attached hydrogens (primary N) is 2. The number of aromatic nitrogens is 2. The molecule has 0 unspecified atom stereocenters. The van der Waals surface area contributed by atoms with Gasteiger partial charge in [-0.15, -0.1) is 0 Å². The molecule has 0 spiro atoms. The average Bonchev–Trinajstić information content (AvgIpc) is 2.62. The van der Waals surface area contributed by atoms with E-state index in [9.17, 15) is 4.79 Å². The number of primary amides is 1. The van der Waals surface area contributed by atoms with Crippen LogP contribution in [0.4, 0.5) is 17.5 Å². The van der Waals surface area contributed by atoms with Crippen LogP contribution in [0.5, 0.6) is 5.75 Å². The Hall–Kier alpha value is -3.61. The number of nitrogen functional groups attached to an aromatic ring is 1. The summed E-state index contributed by atoms with van der Waals surface area (Å²) < 4.78 is 5.58. The fourth-order valence-electron chi connectivity index (χ4n) is 2.50. The summed E-state index contributed by atoms with van der Waals surface area (Å²) in [6.07, 6.45) is 1.29. The smallest absolute Gasteiger partial charge is 0.254 e. The summed E-state index contributed by atoms with van der Waals surface area (Å²) in [7, 11) is 1.58. The SMILES string of the molecule is COc1c(Nc2nc(N)ncc2C(N)=O)cccc1-c1ccccc1. The van der Waals surface area contributed by atoms with Gasteiger partial charge in [0.15, 0.2) is 0 Å². The van der Waals surface area contributed by atoms with Crippen molar-refractivity contribution in [3.05, 3.63) is 60.3 Å². The van der Waals surface area contributed by atoms with Crippen molar-refractivity contribution in [2.24, 2.45) is 5.73 Å². The van der Waals surface area contributed by atoms with Gasteiger partial charge in [-0.3, -0.25) is 4.79 Å². The molecule has 2 aromatic carbocycles. The summed E-state index contributed by atoms with van der Waals surface area (Å²) in [5.74, 6) is 0.219. The largest absolute Gasteiger partial charge is 0.494 e. The highest BCUT2D eigenvalue weighted by molar-refractivity contribution is 5.98.